The van der Waals surface area contributed by atoms with Gasteiger partial charge in [0, 0.05) is 24.5 Å². The molecule has 1 aromatic carbocycles. The van der Waals surface area contributed by atoms with E-state index in [9.17, 15) is 4.79 Å². The van der Waals surface area contributed by atoms with E-state index in [0.29, 0.717) is 12.1 Å². The van der Waals surface area contributed by atoms with E-state index in [1.165, 1.54) is 24.7 Å². The number of carbonyl (C=O) groups excluding carboxylic acids is 1. The van der Waals surface area contributed by atoms with Gasteiger partial charge in [-0.3, -0.25) is 9.69 Å². The quantitative estimate of drug-likeness (QED) is 0.539. The van der Waals surface area contributed by atoms with E-state index in [2.05, 4.69) is 68.8 Å². The number of halogens is 1. The van der Waals surface area contributed by atoms with Gasteiger partial charge in [-0.15, -0.1) is 0 Å². The summed E-state index contributed by atoms with van der Waals surface area (Å²) >= 11 is 2.26. The molecule has 0 aliphatic carbocycles. The van der Waals surface area contributed by atoms with Gasteiger partial charge < -0.3 is 4.74 Å². The molecule has 1 unspecified atom stereocenters. The molecule has 0 spiro atoms. The van der Waals surface area contributed by atoms with Crippen LogP contribution in [0, 0.1) is 12.8 Å². The molecule has 3 nitrogen and oxygen atoms in total. The zero-order valence-corrected chi connectivity index (χ0v) is 15.9. The summed E-state index contributed by atoms with van der Waals surface area (Å²) in [6.45, 7) is 3.04. The van der Waals surface area contributed by atoms with Crippen molar-refractivity contribution in [3.05, 3.63) is 45.6 Å². The van der Waals surface area contributed by atoms with Crippen LogP contribution in [0.4, 0.5) is 0 Å². The highest BCUT2D eigenvalue weighted by Crippen LogP contribution is 2.47. The summed E-state index contributed by atoms with van der Waals surface area (Å²) in [7, 11) is 1.52. The average Bonchev–Trinajstić information content (AvgIpc) is 2.84. The molecule has 23 heavy (non-hydrogen) atoms. The van der Waals surface area contributed by atoms with E-state index < -0.39 is 0 Å². The highest BCUT2D eigenvalue weighted by Gasteiger charge is 2.50. The van der Waals surface area contributed by atoms with Crippen molar-refractivity contribution < 1.29 is 9.53 Å². The van der Waals surface area contributed by atoms with Gasteiger partial charge in [0.05, 0.1) is 13.0 Å². The molecule has 0 saturated carbocycles. The van der Waals surface area contributed by atoms with E-state index in [-0.39, 0.29) is 17.8 Å². The number of methoxy groups -OCH3 is 1. The van der Waals surface area contributed by atoms with Gasteiger partial charge >= 0.3 is 5.97 Å². The Kier molecular flexibility index (Phi) is 5.42. The summed E-state index contributed by atoms with van der Waals surface area (Å²) in [5.74, 6) is 0.175. The molecule has 2 bridgehead atoms. The number of benzene rings is 1. The maximum atomic E-state index is 12.6. The largest absolute Gasteiger partial charge is 0.469 e. The first-order valence-corrected chi connectivity index (χ1v) is 9.55. The van der Waals surface area contributed by atoms with Crippen molar-refractivity contribution in [1.29, 1.82) is 0 Å². The molecule has 2 heterocycles. The molecule has 0 aromatic heterocycles. The van der Waals surface area contributed by atoms with E-state index in [0.717, 1.165) is 19.4 Å². The lowest BCUT2D eigenvalue weighted by Gasteiger charge is -2.43. The number of hydrogen-bond acceptors (Lipinski definition) is 3. The molecular formula is C19H24INO2. The smallest absolute Gasteiger partial charge is 0.310 e. The van der Waals surface area contributed by atoms with Crippen molar-refractivity contribution in [1.82, 2.24) is 4.90 Å². The first-order chi connectivity index (χ1) is 11.2. The Balaban J connectivity index is 1.91. The van der Waals surface area contributed by atoms with Crippen LogP contribution in [0.15, 0.2) is 34.4 Å². The Morgan fingerprint density at radius 1 is 1.35 bits per heavy atom. The van der Waals surface area contributed by atoms with E-state index in [1.807, 2.05) is 0 Å². The molecule has 4 heteroatoms. The number of ether oxygens (including phenoxy) is 1. The number of aryl methyl sites for hydroxylation is 1. The van der Waals surface area contributed by atoms with Crippen molar-refractivity contribution in [3.63, 3.8) is 0 Å². The van der Waals surface area contributed by atoms with Crippen LogP contribution in [0.2, 0.25) is 0 Å². The van der Waals surface area contributed by atoms with Gasteiger partial charge in [0.2, 0.25) is 0 Å². The molecule has 2 fully saturated rings. The Hall–Kier alpha value is -0.880. The normalized spacial score (nSPS) is 30.7. The molecule has 0 radical (unpaired) electrons. The third kappa shape index (κ3) is 3.33. The zero-order valence-electron chi connectivity index (χ0n) is 13.7. The molecule has 2 saturated heterocycles. The predicted octanol–water partition coefficient (Wildman–Crippen LogP) is 4.05. The van der Waals surface area contributed by atoms with Gasteiger partial charge in [-0.05, 0) is 35.8 Å². The third-order valence-electron chi connectivity index (χ3n) is 5.45. The number of piperidine rings is 1. The van der Waals surface area contributed by atoms with Gasteiger partial charge in [-0.2, -0.15) is 0 Å². The molecule has 3 rings (SSSR count). The molecule has 124 valence electrons. The van der Waals surface area contributed by atoms with E-state index >= 15 is 0 Å². The van der Waals surface area contributed by atoms with Crippen LogP contribution in [0.5, 0.6) is 0 Å². The maximum Gasteiger partial charge on any atom is 0.310 e. The third-order valence-corrected chi connectivity index (χ3v) is 5.96. The van der Waals surface area contributed by atoms with Crippen LogP contribution in [-0.4, -0.2) is 36.6 Å². The number of rotatable bonds is 4. The van der Waals surface area contributed by atoms with Crippen molar-refractivity contribution in [2.75, 3.05) is 13.7 Å². The zero-order chi connectivity index (χ0) is 16.4. The number of hydrogen-bond donors (Lipinski definition) is 0. The minimum Gasteiger partial charge on any atom is -0.469 e. The standard InChI is InChI=1S/C19H24INO2/c1-13-4-6-14(7-5-13)16-12-15-8-9-17(18(16)19(22)23-2)21(15)11-3-10-20/h3-7,10,15-18H,8-9,11-12H2,1-2H3/b10-3+/t15-,16-,17?,18+/m1/s1. The van der Waals surface area contributed by atoms with Crippen LogP contribution in [0.3, 0.4) is 0 Å². The Bertz CT molecular complexity index is 584. The minimum absolute atomic E-state index is 0.0515. The lowest BCUT2D eigenvalue weighted by molar-refractivity contribution is -0.150. The van der Waals surface area contributed by atoms with Gasteiger partial charge in [0.15, 0.2) is 0 Å². The summed E-state index contributed by atoms with van der Waals surface area (Å²) in [6, 6.07) is 9.57. The lowest BCUT2D eigenvalue weighted by atomic mass is 9.76. The first-order valence-electron chi connectivity index (χ1n) is 8.31. The SMILES string of the molecule is COC(=O)[C@@H]1C2CC[C@H](C[C@@H]1c1ccc(C)cc1)N2C/C=C/I. The molecule has 2 aliphatic heterocycles. The van der Waals surface area contributed by atoms with Crippen LogP contribution < -0.4 is 0 Å². The van der Waals surface area contributed by atoms with Crippen molar-refractivity contribution in [3.8, 4) is 0 Å². The number of carbonyl (C=O) groups is 1. The van der Waals surface area contributed by atoms with Crippen LogP contribution in [0.25, 0.3) is 0 Å². The summed E-state index contributed by atoms with van der Waals surface area (Å²) in [5, 5.41) is 0. The number of fused-ring (bicyclic) bond motifs is 2. The van der Waals surface area contributed by atoms with Gasteiger partial charge in [0.25, 0.3) is 0 Å². The molecule has 1 aromatic rings. The van der Waals surface area contributed by atoms with Gasteiger partial charge in [-0.1, -0.05) is 58.5 Å². The summed E-state index contributed by atoms with van der Waals surface area (Å²) in [4.78, 5) is 15.1. The predicted molar refractivity (Wildman–Crippen MR) is 101 cm³/mol. The van der Waals surface area contributed by atoms with E-state index in [1.54, 1.807) is 0 Å². The Morgan fingerprint density at radius 3 is 2.74 bits per heavy atom. The van der Waals surface area contributed by atoms with Gasteiger partial charge in [0.1, 0.15) is 0 Å². The van der Waals surface area contributed by atoms with Crippen molar-refractivity contribution in [2.45, 2.75) is 44.2 Å². The van der Waals surface area contributed by atoms with Crippen LogP contribution in [0.1, 0.15) is 36.3 Å². The minimum atomic E-state index is -0.0518. The number of esters is 1. The molecule has 0 N–H and O–H groups in total. The van der Waals surface area contributed by atoms with Crippen LogP contribution >= 0.6 is 22.6 Å². The second kappa shape index (κ2) is 7.34. The van der Waals surface area contributed by atoms with Crippen molar-refractivity contribution >= 4 is 28.6 Å². The van der Waals surface area contributed by atoms with Crippen molar-refractivity contribution in [2.24, 2.45) is 5.92 Å². The number of nitrogens with zero attached hydrogens (tertiary/aromatic N) is 1. The average molecular weight is 425 g/mol. The fourth-order valence-corrected chi connectivity index (χ4v) is 4.60. The summed E-state index contributed by atoms with van der Waals surface area (Å²) < 4.78 is 7.25. The highest BCUT2D eigenvalue weighted by molar-refractivity contribution is 14.1. The van der Waals surface area contributed by atoms with Crippen LogP contribution in [-0.2, 0) is 9.53 Å². The second-order valence-corrected chi connectivity index (χ2v) is 7.38. The lowest BCUT2D eigenvalue weighted by Crippen LogP contribution is -2.50. The van der Waals surface area contributed by atoms with Gasteiger partial charge in [-0.25, -0.2) is 0 Å². The van der Waals surface area contributed by atoms with E-state index in [4.69, 9.17) is 4.74 Å². The molecule has 2 aliphatic rings. The molecule has 4 atom stereocenters. The molecule has 0 amide bonds. The highest BCUT2D eigenvalue weighted by atomic mass is 127. The Labute approximate surface area is 152 Å². The maximum absolute atomic E-state index is 12.6. The monoisotopic (exact) mass is 425 g/mol. The first kappa shape index (κ1) is 17.0. The molecular weight excluding hydrogens is 401 g/mol. The fraction of sp³-hybridized carbons (Fsp3) is 0.526. The topological polar surface area (TPSA) is 29.5 Å². The fourth-order valence-electron chi connectivity index (χ4n) is 4.37. The Morgan fingerprint density at radius 2 is 2.09 bits per heavy atom. The second-order valence-electron chi connectivity index (χ2n) is 6.66. The summed E-state index contributed by atoms with van der Waals surface area (Å²) in [5.41, 5.74) is 2.54. The summed E-state index contributed by atoms with van der Waals surface area (Å²) in [6.07, 6.45) is 5.53.